The molecule has 0 radical (unpaired) electrons. The van der Waals surface area contributed by atoms with Gasteiger partial charge >= 0.3 is 0 Å². The molecule has 1 heterocycles. The normalized spacial score (nSPS) is 18.4. The number of oxime groups is 1. The van der Waals surface area contributed by atoms with Crippen LogP contribution in [0.15, 0.2) is 35.2 Å². The summed E-state index contributed by atoms with van der Waals surface area (Å²) in [6.07, 6.45) is 11.3. The Bertz CT molecular complexity index is 889. The SMILES string of the molecule is C=NO/C(C)=C(\CC)c1cc(C2CCCC2)c2ccc(CCC3CC3)nc2c1. The molecule has 0 spiro atoms. The van der Waals surface area contributed by atoms with Gasteiger partial charge in [0.1, 0.15) is 5.76 Å². The molecule has 2 fully saturated rings. The third kappa shape index (κ3) is 4.14. The van der Waals surface area contributed by atoms with E-state index in [0.717, 1.165) is 30.0 Å². The number of hydrogen-bond donors (Lipinski definition) is 0. The Morgan fingerprint density at radius 2 is 1.96 bits per heavy atom. The summed E-state index contributed by atoms with van der Waals surface area (Å²) in [4.78, 5) is 10.5. The van der Waals surface area contributed by atoms with Crippen LogP contribution in [0.2, 0.25) is 0 Å². The van der Waals surface area contributed by atoms with Crippen LogP contribution in [0, 0.1) is 5.92 Å². The molecule has 0 N–H and O–H groups in total. The van der Waals surface area contributed by atoms with Gasteiger partial charge in [0.15, 0.2) is 0 Å². The first-order chi connectivity index (χ1) is 13.7. The van der Waals surface area contributed by atoms with E-state index in [2.05, 4.69) is 43.1 Å². The highest BCUT2D eigenvalue weighted by molar-refractivity contribution is 5.87. The third-order valence-electron chi connectivity index (χ3n) is 6.53. The van der Waals surface area contributed by atoms with Gasteiger partial charge in [-0.3, -0.25) is 4.98 Å². The molecule has 3 nitrogen and oxygen atoms in total. The Labute approximate surface area is 168 Å². The molecule has 1 aromatic carbocycles. The molecule has 4 rings (SSSR count). The van der Waals surface area contributed by atoms with Crippen LogP contribution in [0.25, 0.3) is 16.5 Å². The Kier molecular flexibility index (Phi) is 5.79. The maximum atomic E-state index is 5.40. The first kappa shape index (κ1) is 19.2. The summed E-state index contributed by atoms with van der Waals surface area (Å²) in [5.74, 6) is 2.43. The summed E-state index contributed by atoms with van der Waals surface area (Å²) in [7, 11) is 0. The standard InChI is InChI=1S/C25H32N2O/c1-4-22(17(2)28-26-3)20-15-24(19-7-5-6-8-19)23-14-13-21(27-25(23)16-20)12-11-18-9-10-18/h13-16,18-19H,3-12H2,1-2H3/b22-17+. The summed E-state index contributed by atoms with van der Waals surface area (Å²) < 4.78 is 0. The lowest BCUT2D eigenvalue weighted by atomic mass is 9.89. The number of rotatable bonds is 8. The number of aryl methyl sites for hydroxylation is 1. The molecular weight excluding hydrogens is 344 g/mol. The molecule has 0 saturated heterocycles. The predicted molar refractivity (Wildman–Crippen MR) is 118 cm³/mol. The zero-order chi connectivity index (χ0) is 19.5. The van der Waals surface area contributed by atoms with Crippen LogP contribution in [0.1, 0.15) is 88.0 Å². The zero-order valence-corrected chi connectivity index (χ0v) is 17.3. The lowest BCUT2D eigenvalue weighted by molar-refractivity contribution is 0.234. The Morgan fingerprint density at radius 3 is 2.64 bits per heavy atom. The van der Waals surface area contributed by atoms with Crippen LogP contribution in [0.3, 0.4) is 0 Å². The van der Waals surface area contributed by atoms with Crippen molar-refractivity contribution in [3.05, 3.63) is 46.8 Å². The van der Waals surface area contributed by atoms with Gasteiger partial charge in [-0.15, -0.1) is 0 Å². The van der Waals surface area contributed by atoms with E-state index in [0.29, 0.717) is 5.92 Å². The van der Waals surface area contributed by atoms with E-state index in [4.69, 9.17) is 9.82 Å². The number of hydrogen-bond acceptors (Lipinski definition) is 3. The lowest BCUT2D eigenvalue weighted by Crippen LogP contribution is -2.00. The van der Waals surface area contributed by atoms with Crippen molar-refractivity contribution in [2.24, 2.45) is 11.1 Å². The topological polar surface area (TPSA) is 34.5 Å². The molecule has 28 heavy (non-hydrogen) atoms. The van der Waals surface area contributed by atoms with Gasteiger partial charge < -0.3 is 4.84 Å². The van der Waals surface area contributed by atoms with E-state index in [-0.39, 0.29) is 0 Å². The molecule has 0 atom stereocenters. The Balaban J connectivity index is 1.79. The molecule has 0 unspecified atom stereocenters. The van der Waals surface area contributed by atoms with Crippen molar-refractivity contribution >= 4 is 23.2 Å². The first-order valence-corrected chi connectivity index (χ1v) is 11.0. The minimum atomic E-state index is 0.651. The smallest absolute Gasteiger partial charge is 0.135 e. The van der Waals surface area contributed by atoms with Crippen LogP contribution in [-0.4, -0.2) is 11.7 Å². The maximum Gasteiger partial charge on any atom is 0.135 e. The van der Waals surface area contributed by atoms with Crippen molar-refractivity contribution < 1.29 is 4.84 Å². The van der Waals surface area contributed by atoms with E-state index >= 15 is 0 Å². The number of aromatic nitrogens is 1. The van der Waals surface area contributed by atoms with Crippen molar-refractivity contribution in [2.75, 3.05) is 0 Å². The van der Waals surface area contributed by atoms with Crippen LogP contribution in [0.4, 0.5) is 0 Å². The van der Waals surface area contributed by atoms with E-state index in [1.165, 1.54) is 72.7 Å². The molecule has 2 saturated carbocycles. The van der Waals surface area contributed by atoms with E-state index in [9.17, 15) is 0 Å². The summed E-state index contributed by atoms with van der Waals surface area (Å²) in [5, 5.41) is 4.96. The second-order valence-corrected chi connectivity index (χ2v) is 8.51. The number of allylic oxidation sites excluding steroid dienone is 2. The van der Waals surface area contributed by atoms with Gasteiger partial charge in [-0.2, -0.15) is 0 Å². The highest BCUT2D eigenvalue weighted by Crippen LogP contribution is 2.40. The monoisotopic (exact) mass is 376 g/mol. The molecule has 2 aromatic rings. The average molecular weight is 377 g/mol. The molecule has 1 aromatic heterocycles. The van der Waals surface area contributed by atoms with E-state index in [1.54, 1.807) is 0 Å². The highest BCUT2D eigenvalue weighted by atomic mass is 16.6. The second kappa shape index (κ2) is 8.46. The largest absolute Gasteiger partial charge is 0.362 e. The van der Waals surface area contributed by atoms with Crippen molar-refractivity contribution in [3.8, 4) is 0 Å². The fourth-order valence-corrected chi connectivity index (χ4v) is 4.76. The molecule has 148 valence electrons. The van der Waals surface area contributed by atoms with Crippen LogP contribution < -0.4 is 0 Å². The second-order valence-electron chi connectivity index (χ2n) is 8.51. The summed E-state index contributed by atoms with van der Waals surface area (Å²) in [6, 6.07) is 9.23. The van der Waals surface area contributed by atoms with Gasteiger partial charge in [0.25, 0.3) is 0 Å². The minimum Gasteiger partial charge on any atom is -0.362 e. The molecule has 0 amide bonds. The quantitative estimate of drug-likeness (QED) is 0.282. The van der Waals surface area contributed by atoms with Gasteiger partial charge in [-0.25, -0.2) is 0 Å². The highest BCUT2D eigenvalue weighted by Gasteiger charge is 2.23. The maximum absolute atomic E-state index is 5.40. The van der Waals surface area contributed by atoms with E-state index < -0.39 is 0 Å². The van der Waals surface area contributed by atoms with Crippen molar-refractivity contribution in [3.63, 3.8) is 0 Å². The molecule has 2 aliphatic rings. The third-order valence-corrected chi connectivity index (χ3v) is 6.53. The molecule has 0 bridgehead atoms. The predicted octanol–water partition coefficient (Wildman–Crippen LogP) is 7.01. The van der Waals surface area contributed by atoms with E-state index in [1.807, 2.05) is 6.92 Å². The molecular formula is C25H32N2O. The fourth-order valence-electron chi connectivity index (χ4n) is 4.76. The minimum absolute atomic E-state index is 0.651. The lowest BCUT2D eigenvalue weighted by Gasteiger charge is -2.17. The van der Waals surface area contributed by atoms with Crippen molar-refractivity contribution in [1.82, 2.24) is 4.98 Å². The van der Waals surface area contributed by atoms with Crippen LogP contribution in [-0.2, 0) is 11.3 Å². The number of benzene rings is 1. The van der Waals surface area contributed by atoms with Gasteiger partial charge in [-0.05, 0) is 79.7 Å². The van der Waals surface area contributed by atoms with Gasteiger partial charge in [0, 0.05) is 17.8 Å². The number of nitrogens with zero attached hydrogens (tertiary/aromatic N) is 2. The van der Waals surface area contributed by atoms with Crippen molar-refractivity contribution in [2.45, 2.75) is 77.6 Å². The summed E-state index contributed by atoms with van der Waals surface area (Å²) in [5.41, 5.74) is 6.26. The van der Waals surface area contributed by atoms with Crippen LogP contribution >= 0.6 is 0 Å². The van der Waals surface area contributed by atoms with Crippen molar-refractivity contribution in [1.29, 1.82) is 0 Å². The van der Waals surface area contributed by atoms with Crippen LogP contribution in [0.5, 0.6) is 0 Å². The van der Waals surface area contributed by atoms with Gasteiger partial charge in [-0.1, -0.05) is 49.9 Å². The summed E-state index contributed by atoms with van der Waals surface area (Å²) in [6.45, 7) is 7.62. The number of pyridine rings is 1. The average Bonchev–Trinajstić information content (AvgIpc) is 3.37. The molecule has 3 heteroatoms. The fraction of sp³-hybridized carbons (Fsp3) is 0.520. The molecule has 0 aliphatic heterocycles. The Hall–Kier alpha value is -2.16. The van der Waals surface area contributed by atoms with Gasteiger partial charge in [0.2, 0.25) is 0 Å². The zero-order valence-electron chi connectivity index (χ0n) is 17.3. The first-order valence-electron chi connectivity index (χ1n) is 11.0. The molecule has 2 aliphatic carbocycles. The summed E-state index contributed by atoms with van der Waals surface area (Å²) >= 11 is 0. The Morgan fingerprint density at radius 1 is 1.18 bits per heavy atom. The number of fused-ring (bicyclic) bond motifs is 1. The van der Waals surface area contributed by atoms with Gasteiger partial charge in [0.05, 0.1) is 5.52 Å².